The van der Waals surface area contributed by atoms with Crippen LogP contribution in [-0.4, -0.2) is 47.0 Å². The summed E-state index contributed by atoms with van der Waals surface area (Å²) in [4.78, 5) is 22.8. The van der Waals surface area contributed by atoms with E-state index in [1.54, 1.807) is 22.1 Å². The first-order chi connectivity index (χ1) is 11.8. The van der Waals surface area contributed by atoms with E-state index in [-0.39, 0.29) is 10.9 Å². The molecule has 0 bridgehead atoms. The van der Waals surface area contributed by atoms with Gasteiger partial charge in [-0.1, -0.05) is 11.6 Å². The molecule has 0 unspecified atom stereocenters. The number of hydrogen-bond donors (Lipinski definition) is 1. The van der Waals surface area contributed by atoms with Crippen LogP contribution in [0.4, 0.5) is 19.0 Å². The molecule has 25 heavy (non-hydrogen) atoms. The summed E-state index contributed by atoms with van der Waals surface area (Å²) in [5.74, 6) is 0.240. The van der Waals surface area contributed by atoms with Crippen molar-refractivity contribution in [2.75, 3.05) is 31.1 Å². The molecule has 2 aromatic rings. The second-order valence-corrected chi connectivity index (χ2v) is 6.23. The van der Waals surface area contributed by atoms with E-state index in [1.165, 1.54) is 0 Å². The van der Waals surface area contributed by atoms with Crippen molar-refractivity contribution >= 4 is 23.3 Å². The summed E-state index contributed by atoms with van der Waals surface area (Å²) in [6.07, 6.45) is -1.98. The number of anilines is 1. The number of aryl methyl sites for hydroxylation is 1. The fourth-order valence-electron chi connectivity index (χ4n) is 2.79. The number of H-pyrrole nitrogens is 1. The van der Waals surface area contributed by atoms with Crippen molar-refractivity contribution in [1.29, 1.82) is 0 Å². The number of pyridine rings is 1. The van der Waals surface area contributed by atoms with E-state index in [1.807, 2.05) is 6.92 Å². The topological polar surface area (TPSA) is 52.2 Å². The van der Waals surface area contributed by atoms with Gasteiger partial charge in [0.1, 0.15) is 5.82 Å². The van der Waals surface area contributed by atoms with Crippen LogP contribution in [0, 0.1) is 6.92 Å². The Labute approximate surface area is 147 Å². The molecule has 0 aliphatic carbocycles. The largest absolute Gasteiger partial charge is 0.417 e. The van der Waals surface area contributed by atoms with Crippen LogP contribution in [0.15, 0.2) is 24.5 Å². The lowest BCUT2D eigenvalue weighted by Gasteiger charge is -2.35. The number of hydrogen-bond acceptors (Lipinski definition) is 3. The molecule has 0 aromatic carbocycles. The van der Waals surface area contributed by atoms with Crippen molar-refractivity contribution in [3.8, 4) is 0 Å². The van der Waals surface area contributed by atoms with Crippen LogP contribution in [0.1, 0.15) is 21.6 Å². The van der Waals surface area contributed by atoms with Gasteiger partial charge in [0.05, 0.1) is 16.1 Å². The molecule has 3 rings (SSSR count). The third-order valence-electron chi connectivity index (χ3n) is 4.20. The molecule has 0 atom stereocenters. The number of piperazine rings is 1. The van der Waals surface area contributed by atoms with Crippen LogP contribution >= 0.6 is 11.6 Å². The SMILES string of the molecule is Cc1[nH]ccc1C(=O)N1CCN(c2ncc(C(F)(F)F)cc2Cl)CC1. The molecule has 9 heteroatoms. The zero-order chi connectivity index (χ0) is 18.2. The highest BCUT2D eigenvalue weighted by molar-refractivity contribution is 6.33. The maximum Gasteiger partial charge on any atom is 0.417 e. The van der Waals surface area contributed by atoms with Crippen LogP contribution in [-0.2, 0) is 6.18 Å². The normalized spacial score (nSPS) is 15.6. The lowest BCUT2D eigenvalue weighted by Crippen LogP contribution is -2.49. The molecule has 134 valence electrons. The molecule has 1 aliphatic heterocycles. The molecule has 2 aromatic heterocycles. The molecule has 3 heterocycles. The summed E-state index contributed by atoms with van der Waals surface area (Å²) in [5.41, 5.74) is 0.553. The van der Waals surface area contributed by atoms with Crippen molar-refractivity contribution in [2.45, 2.75) is 13.1 Å². The van der Waals surface area contributed by atoms with Crippen molar-refractivity contribution < 1.29 is 18.0 Å². The van der Waals surface area contributed by atoms with E-state index in [4.69, 9.17) is 11.6 Å². The average molecular weight is 373 g/mol. The van der Waals surface area contributed by atoms with Gasteiger partial charge in [0.2, 0.25) is 0 Å². The molecular weight excluding hydrogens is 357 g/mol. The van der Waals surface area contributed by atoms with Crippen LogP contribution in [0.25, 0.3) is 0 Å². The van der Waals surface area contributed by atoms with E-state index >= 15 is 0 Å². The minimum atomic E-state index is -4.48. The Balaban J connectivity index is 1.68. The fraction of sp³-hybridized carbons (Fsp3) is 0.375. The Morgan fingerprint density at radius 1 is 1.28 bits per heavy atom. The number of alkyl halides is 3. The zero-order valence-corrected chi connectivity index (χ0v) is 14.2. The Hall–Kier alpha value is -2.22. The molecular formula is C16H16ClF3N4O. The summed E-state index contributed by atoms with van der Waals surface area (Å²) < 4.78 is 38.1. The van der Waals surface area contributed by atoms with Crippen LogP contribution in [0.3, 0.4) is 0 Å². The van der Waals surface area contributed by atoms with Gasteiger partial charge in [-0.05, 0) is 19.1 Å². The minimum absolute atomic E-state index is 0.0453. The van der Waals surface area contributed by atoms with E-state index < -0.39 is 11.7 Å². The maximum atomic E-state index is 12.7. The highest BCUT2D eigenvalue weighted by Crippen LogP contribution is 2.33. The van der Waals surface area contributed by atoms with E-state index in [9.17, 15) is 18.0 Å². The van der Waals surface area contributed by atoms with Crippen molar-refractivity contribution in [3.05, 3.63) is 46.4 Å². The Morgan fingerprint density at radius 2 is 1.96 bits per heavy atom. The number of aromatic nitrogens is 2. The lowest BCUT2D eigenvalue weighted by atomic mass is 10.2. The molecule has 0 saturated carbocycles. The third kappa shape index (κ3) is 3.58. The second kappa shape index (κ2) is 6.59. The lowest BCUT2D eigenvalue weighted by molar-refractivity contribution is -0.137. The number of carbonyl (C=O) groups excluding carboxylic acids is 1. The number of nitrogens with one attached hydrogen (secondary N) is 1. The van der Waals surface area contributed by atoms with Gasteiger partial charge < -0.3 is 14.8 Å². The van der Waals surface area contributed by atoms with Gasteiger partial charge in [-0.3, -0.25) is 4.79 Å². The summed E-state index contributed by atoms with van der Waals surface area (Å²) in [6.45, 7) is 3.63. The molecule has 0 radical (unpaired) electrons. The Kier molecular flexibility index (Phi) is 4.64. The van der Waals surface area contributed by atoms with Crippen LogP contribution in [0.2, 0.25) is 5.02 Å². The first-order valence-electron chi connectivity index (χ1n) is 7.68. The number of amides is 1. The number of halogens is 4. The zero-order valence-electron chi connectivity index (χ0n) is 13.4. The van der Waals surface area contributed by atoms with Crippen molar-refractivity contribution in [3.63, 3.8) is 0 Å². The second-order valence-electron chi connectivity index (χ2n) is 5.82. The first kappa shape index (κ1) is 17.6. The summed E-state index contributed by atoms with van der Waals surface area (Å²) in [6, 6.07) is 2.61. The van der Waals surface area contributed by atoms with Gasteiger partial charge in [-0.2, -0.15) is 13.2 Å². The van der Waals surface area contributed by atoms with Gasteiger partial charge in [-0.25, -0.2) is 4.98 Å². The Bertz CT molecular complexity index is 782. The molecule has 1 aliphatic rings. The van der Waals surface area contributed by atoms with Crippen LogP contribution in [0.5, 0.6) is 0 Å². The number of carbonyl (C=O) groups is 1. The highest BCUT2D eigenvalue weighted by atomic mass is 35.5. The van der Waals surface area contributed by atoms with Gasteiger partial charge in [0, 0.05) is 44.3 Å². The van der Waals surface area contributed by atoms with E-state index in [2.05, 4.69) is 9.97 Å². The van der Waals surface area contributed by atoms with Gasteiger partial charge >= 0.3 is 6.18 Å². The third-order valence-corrected chi connectivity index (χ3v) is 4.48. The molecule has 1 saturated heterocycles. The average Bonchev–Trinajstić information content (AvgIpc) is 2.99. The van der Waals surface area contributed by atoms with Gasteiger partial charge in [-0.15, -0.1) is 0 Å². The molecule has 5 nitrogen and oxygen atoms in total. The maximum absolute atomic E-state index is 12.7. The van der Waals surface area contributed by atoms with Crippen LogP contribution < -0.4 is 4.90 Å². The van der Waals surface area contributed by atoms with Crippen molar-refractivity contribution in [2.24, 2.45) is 0 Å². The minimum Gasteiger partial charge on any atom is -0.365 e. The summed E-state index contributed by atoms with van der Waals surface area (Å²) >= 11 is 5.98. The highest BCUT2D eigenvalue weighted by Gasteiger charge is 2.32. The van der Waals surface area contributed by atoms with E-state index in [0.717, 1.165) is 18.0 Å². The van der Waals surface area contributed by atoms with Crippen molar-refractivity contribution in [1.82, 2.24) is 14.9 Å². The summed E-state index contributed by atoms with van der Waals surface area (Å²) in [5, 5.41) is -0.0453. The quantitative estimate of drug-likeness (QED) is 0.879. The molecule has 1 fully saturated rings. The smallest absolute Gasteiger partial charge is 0.365 e. The standard InChI is InChI=1S/C16H16ClF3N4O/c1-10-12(2-3-21-10)15(25)24-6-4-23(5-7-24)14-13(17)8-11(9-22-14)16(18,19)20/h2-3,8-9,21H,4-7H2,1H3. The van der Waals surface area contributed by atoms with Gasteiger partial charge in [0.25, 0.3) is 5.91 Å². The fourth-order valence-corrected chi connectivity index (χ4v) is 3.08. The molecule has 1 N–H and O–H groups in total. The number of aromatic amines is 1. The predicted molar refractivity (Wildman–Crippen MR) is 87.9 cm³/mol. The monoisotopic (exact) mass is 372 g/mol. The van der Waals surface area contributed by atoms with E-state index in [0.29, 0.717) is 37.6 Å². The first-order valence-corrected chi connectivity index (χ1v) is 8.06. The van der Waals surface area contributed by atoms with Gasteiger partial charge in [0.15, 0.2) is 0 Å². The predicted octanol–water partition coefficient (Wildman–Crippen LogP) is 3.35. The number of rotatable bonds is 2. The molecule has 1 amide bonds. The Morgan fingerprint density at radius 3 is 2.48 bits per heavy atom. The summed E-state index contributed by atoms with van der Waals surface area (Å²) in [7, 11) is 0. The molecule has 0 spiro atoms. The number of nitrogens with zero attached hydrogens (tertiary/aromatic N) is 3.